The third-order valence-electron chi connectivity index (χ3n) is 3.51. The molecule has 0 aliphatic heterocycles. The van der Waals surface area contributed by atoms with Crippen LogP contribution in [0.5, 0.6) is 5.75 Å². The lowest BCUT2D eigenvalue weighted by Crippen LogP contribution is -2.11. The Kier molecular flexibility index (Phi) is 5.29. The second-order valence-corrected chi connectivity index (χ2v) is 5.55. The average molecular weight is 347 g/mol. The van der Waals surface area contributed by atoms with Crippen LogP contribution in [0.3, 0.4) is 0 Å². The molecule has 0 atom stereocenters. The summed E-state index contributed by atoms with van der Waals surface area (Å²) in [4.78, 5) is 23.9. The predicted octanol–water partition coefficient (Wildman–Crippen LogP) is 4.46. The van der Waals surface area contributed by atoms with Crippen molar-refractivity contribution >= 4 is 23.6 Å². The second kappa shape index (κ2) is 7.98. The Hall–Kier alpha value is -3.60. The van der Waals surface area contributed by atoms with Gasteiger partial charge in [0.25, 0.3) is 5.91 Å². The Morgan fingerprint density at radius 1 is 0.962 bits per heavy atom. The normalized spacial score (nSPS) is 10.7. The van der Waals surface area contributed by atoms with Gasteiger partial charge >= 0.3 is 5.97 Å². The zero-order valence-corrected chi connectivity index (χ0v) is 14.1. The molecule has 130 valence electrons. The molecule has 0 spiro atoms. The van der Waals surface area contributed by atoms with E-state index in [1.165, 1.54) is 6.08 Å². The molecular formula is C21H17NO4. The van der Waals surface area contributed by atoms with E-state index in [9.17, 15) is 9.59 Å². The summed E-state index contributed by atoms with van der Waals surface area (Å²) < 4.78 is 10.5. The van der Waals surface area contributed by atoms with E-state index in [1.54, 1.807) is 60.7 Å². The minimum absolute atomic E-state index is 0.202. The molecule has 1 N–H and O–H groups in total. The number of carbonyl (C=O) groups excluding carboxylic acids is 2. The number of benzene rings is 2. The number of ether oxygens (including phenoxy) is 1. The summed E-state index contributed by atoms with van der Waals surface area (Å²) >= 11 is 0. The Morgan fingerprint density at radius 2 is 1.69 bits per heavy atom. The molecule has 5 heteroatoms. The number of rotatable bonds is 5. The largest absolute Gasteiger partial charge is 0.462 e. The minimum atomic E-state index is -0.514. The summed E-state index contributed by atoms with van der Waals surface area (Å²) in [6.45, 7) is 1.83. The van der Waals surface area contributed by atoms with E-state index in [1.807, 2.05) is 19.1 Å². The lowest BCUT2D eigenvalue weighted by atomic mass is 10.2. The summed E-state index contributed by atoms with van der Waals surface area (Å²) in [5, 5.41) is 2.78. The molecule has 1 aromatic heterocycles. The third kappa shape index (κ3) is 4.70. The standard InChI is InChI=1S/C21H17NO4/c1-15-7-10-18(25-15)13-14-20(23)26-19-11-8-17(9-12-19)22-21(24)16-5-3-2-4-6-16/h2-14H,1H3,(H,22,24)/b14-13+. The van der Waals surface area contributed by atoms with Crippen LogP contribution in [0.2, 0.25) is 0 Å². The van der Waals surface area contributed by atoms with Gasteiger partial charge in [0.05, 0.1) is 0 Å². The van der Waals surface area contributed by atoms with Crippen molar-refractivity contribution in [3.63, 3.8) is 0 Å². The number of hydrogen-bond donors (Lipinski definition) is 1. The van der Waals surface area contributed by atoms with Crippen molar-refractivity contribution in [3.8, 4) is 5.75 Å². The van der Waals surface area contributed by atoms with Crippen molar-refractivity contribution in [2.24, 2.45) is 0 Å². The van der Waals surface area contributed by atoms with E-state index in [0.717, 1.165) is 5.76 Å². The summed E-state index contributed by atoms with van der Waals surface area (Å²) in [5.74, 6) is 1.02. The minimum Gasteiger partial charge on any atom is -0.462 e. The average Bonchev–Trinajstić information content (AvgIpc) is 3.08. The Labute approximate surface area is 150 Å². The van der Waals surface area contributed by atoms with Crippen molar-refractivity contribution in [2.75, 3.05) is 5.32 Å². The molecule has 5 nitrogen and oxygen atoms in total. The van der Waals surface area contributed by atoms with E-state index in [0.29, 0.717) is 22.8 Å². The number of carbonyl (C=O) groups is 2. The van der Waals surface area contributed by atoms with Crippen LogP contribution >= 0.6 is 0 Å². The smallest absolute Gasteiger partial charge is 0.336 e. The fourth-order valence-electron chi connectivity index (χ4n) is 2.24. The third-order valence-corrected chi connectivity index (χ3v) is 3.51. The molecule has 0 bridgehead atoms. The summed E-state index contributed by atoms with van der Waals surface area (Å²) in [6.07, 6.45) is 2.84. The Bertz CT molecular complexity index is 924. The van der Waals surface area contributed by atoms with Crippen LogP contribution in [0.4, 0.5) is 5.69 Å². The number of nitrogens with one attached hydrogen (secondary N) is 1. The van der Waals surface area contributed by atoms with Crippen molar-refractivity contribution in [1.82, 2.24) is 0 Å². The molecule has 3 rings (SSSR count). The first-order chi connectivity index (χ1) is 12.6. The number of aryl methyl sites for hydroxylation is 1. The fraction of sp³-hybridized carbons (Fsp3) is 0.0476. The van der Waals surface area contributed by atoms with Crippen LogP contribution in [0.15, 0.2) is 77.2 Å². The first-order valence-corrected chi connectivity index (χ1v) is 8.03. The first-order valence-electron chi connectivity index (χ1n) is 8.03. The SMILES string of the molecule is Cc1ccc(/C=C/C(=O)Oc2ccc(NC(=O)c3ccccc3)cc2)o1. The van der Waals surface area contributed by atoms with Crippen LogP contribution in [-0.2, 0) is 4.79 Å². The zero-order valence-electron chi connectivity index (χ0n) is 14.1. The van der Waals surface area contributed by atoms with Gasteiger partial charge in [0, 0.05) is 17.3 Å². The van der Waals surface area contributed by atoms with Gasteiger partial charge in [-0.2, -0.15) is 0 Å². The lowest BCUT2D eigenvalue weighted by molar-refractivity contribution is -0.128. The molecule has 0 unspecified atom stereocenters. The van der Waals surface area contributed by atoms with Gasteiger partial charge in [0.1, 0.15) is 17.3 Å². The summed E-state index contributed by atoms with van der Waals surface area (Å²) in [7, 11) is 0. The van der Waals surface area contributed by atoms with Crippen LogP contribution < -0.4 is 10.1 Å². The van der Waals surface area contributed by atoms with Crippen molar-refractivity contribution in [1.29, 1.82) is 0 Å². The number of furan rings is 1. The zero-order chi connectivity index (χ0) is 18.4. The first kappa shape index (κ1) is 17.2. The fourth-order valence-corrected chi connectivity index (χ4v) is 2.24. The van der Waals surface area contributed by atoms with Crippen LogP contribution in [0, 0.1) is 6.92 Å². The second-order valence-electron chi connectivity index (χ2n) is 5.55. The molecule has 0 saturated heterocycles. The van der Waals surface area contributed by atoms with Crippen LogP contribution in [0.25, 0.3) is 6.08 Å². The molecule has 1 amide bonds. The van der Waals surface area contributed by atoms with Crippen molar-refractivity contribution < 1.29 is 18.7 Å². The van der Waals surface area contributed by atoms with Gasteiger partial charge in [-0.3, -0.25) is 4.79 Å². The Morgan fingerprint density at radius 3 is 2.35 bits per heavy atom. The van der Waals surface area contributed by atoms with E-state index in [4.69, 9.17) is 9.15 Å². The highest BCUT2D eigenvalue weighted by molar-refractivity contribution is 6.04. The van der Waals surface area contributed by atoms with Crippen LogP contribution in [0.1, 0.15) is 21.9 Å². The van der Waals surface area contributed by atoms with Gasteiger partial charge in [-0.25, -0.2) is 4.79 Å². The summed E-state index contributed by atoms with van der Waals surface area (Å²) in [5.41, 5.74) is 1.18. The van der Waals surface area contributed by atoms with Gasteiger partial charge in [0.15, 0.2) is 0 Å². The van der Waals surface area contributed by atoms with Gasteiger partial charge in [-0.05, 0) is 61.5 Å². The maximum atomic E-state index is 12.1. The lowest BCUT2D eigenvalue weighted by Gasteiger charge is -2.06. The highest BCUT2D eigenvalue weighted by Gasteiger charge is 2.06. The van der Waals surface area contributed by atoms with Crippen molar-refractivity contribution in [2.45, 2.75) is 6.92 Å². The highest BCUT2D eigenvalue weighted by Crippen LogP contribution is 2.17. The predicted molar refractivity (Wildman–Crippen MR) is 99.0 cm³/mol. The number of esters is 1. The van der Waals surface area contributed by atoms with E-state index < -0.39 is 5.97 Å². The van der Waals surface area contributed by atoms with Gasteiger partial charge < -0.3 is 14.5 Å². The molecule has 0 radical (unpaired) electrons. The van der Waals surface area contributed by atoms with E-state index >= 15 is 0 Å². The molecule has 0 saturated carbocycles. The van der Waals surface area contributed by atoms with Crippen molar-refractivity contribution in [3.05, 3.63) is 89.9 Å². The molecule has 2 aromatic carbocycles. The van der Waals surface area contributed by atoms with E-state index in [2.05, 4.69) is 5.32 Å². The molecule has 1 heterocycles. The van der Waals surface area contributed by atoms with Crippen LogP contribution in [-0.4, -0.2) is 11.9 Å². The summed E-state index contributed by atoms with van der Waals surface area (Å²) in [6, 6.07) is 19.1. The number of anilines is 1. The molecule has 26 heavy (non-hydrogen) atoms. The van der Waals surface area contributed by atoms with Gasteiger partial charge in [-0.15, -0.1) is 0 Å². The molecular weight excluding hydrogens is 330 g/mol. The van der Waals surface area contributed by atoms with Gasteiger partial charge in [0.2, 0.25) is 0 Å². The number of hydrogen-bond acceptors (Lipinski definition) is 4. The van der Waals surface area contributed by atoms with E-state index in [-0.39, 0.29) is 5.91 Å². The van der Waals surface area contributed by atoms with Gasteiger partial charge in [-0.1, -0.05) is 18.2 Å². The monoisotopic (exact) mass is 347 g/mol. The highest BCUT2D eigenvalue weighted by atomic mass is 16.5. The maximum absolute atomic E-state index is 12.1. The topological polar surface area (TPSA) is 68.5 Å². The Balaban J connectivity index is 1.56. The number of amides is 1. The molecule has 0 fully saturated rings. The maximum Gasteiger partial charge on any atom is 0.336 e. The molecule has 0 aliphatic carbocycles. The molecule has 0 aliphatic rings. The molecule has 3 aromatic rings. The quantitative estimate of drug-likeness (QED) is 0.420.